The van der Waals surface area contributed by atoms with Crippen molar-refractivity contribution in [2.75, 3.05) is 26.8 Å². The van der Waals surface area contributed by atoms with E-state index < -0.39 is 0 Å². The summed E-state index contributed by atoms with van der Waals surface area (Å²) in [5.41, 5.74) is 0. The SMILES string of the molecule is CCCn1nc(C2CCOCC2)nc1C1CCC(=O)N(C)C1. The van der Waals surface area contributed by atoms with Gasteiger partial charge in [0.05, 0.1) is 0 Å². The number of carbonyl (C=O) groups is 1. The third kappa shape index (κ3) is 3.16. The Balaban J connectivity index is 1.82. The summed E-state index contributed by atoms with van der Waals surface area (Å²) in [6, 6.07) is 0. The highest BCUT2D eigenvalue weighted by Gasteiger charge is 2.30. The second kappa shape index (κ2) is 6.77. The highest BCUT2D eigenvalue weighted by atomic mass is 16.5. The maximum atomic E-state index is 11.7. The molecule has 0 bridgehead atoms. The number of hydrogen-bond acceptors (Lipinski definition) is 4. The van der Waals surface area contributed by atoms with Gasteiger partial charge in [-0.25, -0.2) is 9.67 Å². The molecule has 0 N–H and O–H groups in total. The first-order valence-corrected chi connectivity index (χ1v) is 8.45. The Morgan fingerprint density at radius 2 is 2.00 bits per heavy atom. The van der Waals surface area contributed by atoms with E-state index in [-0.39, 0.29) is 5.91 Å². The van der Waals surface area contributed by atoms with Gasteiger partial charge in [-0.15, -0.1) is 0 Å². The Hall–Kier alpha value is -1.43. The van der Waals surface area contributed by atoms with E-state index in [4.69, 9.17) is 14.8 Å². The minimum Gasteiger partial charge on any atom is -0.381 e. The summed E-state index contributed by atoms with van der Waals surface area (Å²) >= 11 is 0. The summed E-state index contributed by atoms with van der Waals surface area (Å²) < 4.78 is 7.52. The van der Waals surface area contributed by atoms with Gasteiger partial charge in [-0.1, -0.05) is 6.92 Å². The number of likely N-dealkylation sites (tertiary alicyclic amines) is 1. The average molecular weight is 306 g/mol. The van der Waals surface area contributed by atoms with Crippen molar-refractivity contribution in [2.45, 2.75) is 57.4 Å². The smallest absolute Gasteiger partial charge is 0.222 e. The minimum absolute atomic E-state index is 0.238. The molecule has 122 valence electrons. The molecule has 2 aliphatic rings. The van der Waals surface area contributed by atoms with Gasteiger partial charge in [0.15, 0.2) is 5.82 Å². The van der Waals surface area contributed by atoms with E-state index in [1.807, 2.05) is 11.9 Å². The van der Waals surface area contributed by atoms with Crippen molar-refractivity contribution in [1.29, 1.82) is 0 Å². The zero-order valence-corrected chi connectivity index (χ0v) is 13.6. The molecule has 1 unspecified atom stereocenters. The molecule has 0 saturated carbocycles. The number of piperidine rings is 1. The van der Waals surface area contributed by atoms with Gasteiger partial charge in [-0.3, -0.25) is 4.79 Å². The average Bonchev–Trinajstić information content (AvgIpc) is 2.95. The van der Waals surface area contributed by atoms with Crippen molar-refractivity contribution in [3.8, 4) is 0 Å². The zero-order valence-electron chi connectivity index (χ0n) is 13.6. The number of amides is 1. The molecule has 2 aliphatic heterocycles. The summed E-state index contributed by atoms with van der Waals surface area (Å²) in [4.78, 5) is 18.4. The van der Waals surface area contributed by atoms with E-state index in [2.05, 4.69) is 11.6 Å². The van der Waals surface area contributed by atoms with Crippen LogP contribution in [0.25, 0.3) is 0 Å². The summed E-state index contributed by atoms with van der Waals surface area (Å²) in [5.74, 6) is 3.03. The zero-order chi connectivity index (χ0) is 15.5. The molecule has 6 nitrogen and oxygen atoms in total. The van der Waals surface area contributed by atoms with Crippen LogP contribution in [0.1, 0.15) is 62.5 Å². The Kier molecular flexibility index (Phi) is 4.76. The van der Waals surface area contributed by atoms with Gasteiger partial charge in [0, 0.05) is 51.6 Å². The fraction of sp³-hybridized carbons (Fsp3) is 0.812. The van der Waals surface area contributed by atoms with Gasteiger partial charge in [0.25, 0.3) is 0 Å². The molecule has 0 radical (unpaired) electrons. The fourth-order valence-corrected chi connectivity index (χ4v) is 3.40. The molecular formula is C16H26N4O2. The molecule has 6 heteroatoms. The van der Waals surface area contributed by atoms with Crippen LogP contribution in [0.3, 0.4) is 0 Å². The molecule has 3 rings (SSSR count). The molecule has 1 aromatic heterocycles. The Morgan fingerprint density at radius 3 is 2.68 bits per heavy atom. The molecule has 2 saturated heterocycles. The summed E-state index contributed by atoms with van der Waals surface area (Å²) in [6.07, 6.45) is 4.58. The fourth-order valence-electron chi connectivity index (χ4n) is 3.40. The van der Waals surface area contributed by atoms with Crippen LogP contribution >= 0.6 is 0 Å². The van der Waals surface area contributed by atoms with Gasteiger partial charge in [-0.05, 0) is 25.7 Å². The van der Waals surface area contributed by atoms with Crippen molar-refractivity contribution < 1.29 is 9.53 Å². The van der Waals surface area contributed by atoms with Crippen molar-refractivity contribution in [1.82, 2.24) is 19.7 Å². The lowest BCUT2D eigenvalue weighted by atomic mass is 9.96. The van der Waals surface area contributed by atoms with Gasteiger partial charge >= 0.3 is 0 Å². The Bertz CT molecular complexity index is 522. The highest BCUT2D eigenvalue weighted by Crippen LogP contribution is 2.29. The van der Waals surface area contributed by atoms with Crippen molar-refractivity contribution in [3.63, 3.8) is 0 Å². The largest absolute Gasteiger partial charge is 0.381 e. The second-order valence-corrected chi connectivity index (χ2v) is 6.45. The first-order chi connectivity index (χ1) is 10.7. The molecule has 1 aromatic rings. The molecular weight excluding hydrogens is 280 g/mol. The van der Waals surface area contributed by atoms with Crippen molar-refractivity contribution in [2.24, 2.45) is 0 Å². The molecule has 0 aromatic carbocycles. The third-order valence-corrected chi connectivity index (χ3v) is 4.73. The van der Waals surface area contributed by atoms with Crippen molar-refractivity contribution >= 4 is 5.91 Å². The number of aromatic nitrogens is 3. The quantitative estimate of drug-likeness (QED) is 0.852. The van der Waals surface area contributed by atoms with Crippen LogP contribution in [0, 0.1) is 0 Å². The van der Waals surface area contributed by atoms with Crippen LogP contribution < -0.4 is 0 Å². The van der Waals surface area contributed by atoms with Crippen molar-refractivity contribution in [3.05, 3.63) is 11.6 Å². The number of likely N-dealkylation sites (N-methyl/N-ethyl adjacent to an activating group) is 1. The molecule has 2 fully saturated rings. The van der Waals surface area contributed by atoms with Gasteiger partial charge < -0.3 is 9.64 Å². The van der Waals surface area contributed by atoms with Crippen LogP contribution in [0.5, 0.6) is 0 Å². The van der Waals surface area contributed by atoms with E-state index >= 15 is 0 Å². The predicted molar refractivity (Wildman–Crippen MR) is 82.7 cm³/mol. The first kappa shape index (κ1) is 15.5. The number of aryl methyl sites for hydroxylation is 1. The highest BCUT2D eigenvalue weighted by molar-refractivity contribution is 5.76. The number of nitrogens with zero attached hydrogens (tertiary/aromatic N) is 4. The molecule has 0 spiro atoms. The normalized spacial score (nSPS) is 24.0. The predicted octanol–water partition coefficient (Wildman–Crippen LogP) is 1.92. The molecule has 3 heterocycles. The van der Waals surface area contributed by atoms with Crippen LogP contribution in [-0.4, -0.2) is 52.4 Å². The molecule has 22 heavy (non-hydrogen) atoms. The Labute approximate surface area is 131 Å². The van der Waals surface area contributed by atoms with Crippen LogP contribution in [-0.2, 0) is 16.1 Å². The topological polar surface area (TPSA) is 60.2 Å². The van der Waals surface area contributed by atoms with Gasteiger partial charge in [0.2, 0.25) is 5.91 Å². The number of ether oxygens (including phenoxy) is 1. The van der Waals surface area contributed by atoms with E-state index in [1.165, 1.54) is 0 Å². The standard InChI is InChI=1S/C16H26N4O2/c1-3-8-20-16(13-4-5-14(21)19(2)11-13)17-15(18-20)12-6-9-22-10-7-12/h12-13H,3-11H2,1-2H3. The maximum absolute atomic E-state index is 11.7. The van der Waals surface area contributed by atoms with Crippen LogP contribution in [0.15, 0.2) is 0 Å². The Morgan fingerprint density at radius 1 is 1.23 bits per heavy atom. The monoisotopic (exact) mass is 306 g/mol. The second-order valence-electron chi connectivity index (χ2n) is 6.45. The van der Waals surface area contributed by atoms with Gasteiger partial charge in [0.1, 0.15) is 5.82 Å². The number of carbonyl (C=O) groups excluding carboxylic acids is 1. The molecule has 1 amide bonds. The lowest BCUT2D eigenvalue weighted by Crippen LogP contribution is -2.36. The lowest BCUT2D eigenvalue weighted by molar-refractivity contribution is -0.132. The van der Waals surface area contributed by atoms with E-state index in [9.17, 15) is 4.79 Å². The summed E-state index contributed by atoms with van der Waals surface area (Å²) in [5, 5.41) is 4.79. The van der Waals surface area contributed by atoms with E-state index in [0.717, 1.165) is 63.6 Å². The first-order valence-electron chi connectivity index (χ1n) is 8.45. The summed E-state index contributed by atoms with van der Waals surface area (Å²) in [7, 11) is 1.88. The number of hydrogen-bond donors (Lipinski definition) is 0. The van der Waals surface area contributed by atoms with Crippen LogP contribution in [0.4, 0.5) is 0 Å². The van der Waals surface area contributed by atoms with Gasteiger partial charge in [-0.2, -0.15) is 5.10 Å². The van der Waals surface area contributed by atoms with E-state index in [0.29, 0.717) is 18.3 Å². The number of rotatable bonds is 4. The van der Waals surface area contributed by atoms with E-state index in [1.54, 1.807) is 0 Å². The maximum Gasteiger partial charge on any atom is 0.222 e. The summed E-state index contributed by atoms with van der Waals surface area (Å²) in [6.45, 7) is 5.44. The van der Waals surface area contributed by atoms with Crippen LogP contribution in [0.2, 0.25) is 0 Å². The molecule has 1 atom stereocenters. The third-order valence-electron chi connectivity index (χ3n) is 4.73. The minimum atomic E-state index is 0.238. The lowest BCUT2D eigenvalue weighted by Gasteiger charge is -2.29. The molecule has 0 aliphatic carbocycles.